The van der Waals surface area contributed by atoms with E-state index >= 15 is 0 Å². The highest BCUT2D eigenvalue weighted by molar-refractivity contribution is 7.85. The Morgan fingerprint density at radius 1 is 0.459 bits per heavy atom. The minimum absolute atomic E-state index is 0.858. The zero-order chi connectivity index (χ0) is 24.8. The second kappa shape index (κ2) is 8.85. The van der Waals surface area contributed by atoms with Crippen molar-refractivity contribution < 1.29 is 4.57 Å². The third kappa shape index (κ3) is 3.64. The Kier molecular flexibility index (Phi) is 5.32. The molecule has 0 radical (unpaired) electrons. The van der Waals surface area contributed by atoms with Crippen LogP contribution < -0.4 is 15.9 Å². The van der Waals surface area contributed by atoms with Crippen LogP contribution in [0.3, 0.4) is 0 Å². The molecule has 37 heavy (non-hydrogen) atoms. The van der Waals surface area contributed by atoms with Gasteiger partial charge in [0.05, 0.1) is 0 Å². The van der Waals surface area contributed by atoms with E-state index in [2.05, 4.69) is 78.9 Å². The molecule has 0 aliphatic rings. The Morgan fingerprint density at radius 2 is 1.05 bits per heavy atom. The van der Waals surface area contributed by atoms with Gasteiger partial charge in [0.15, 0.2) is 7.14 Å². The molecule has 0 aliphatic heterocycles. The van der Waals surface area contributed by atoms with Gasteiger partial charge in [0, 0.05) is 36.1 Å². The number of benzene rings is 6. The number of thiophene rings is 1. The van der Waals surface area contributed by atoms with Crippen LogP contribution in [-0.2, 0) is 4.57 Å². The molecule has 1 heterocycles. The van der Waals surface area contributed by atoms with Gasteiger partial charge in [0.25, 0.3) is 0 Å². The van der Waals surface area contributed by atoms with Crippen LogP contribution in [0.2, 0.25) is 0 Å². The summed E-state index contributed by atoms with van der Waals surface area (Å²) in [6.45, 7) is 0. The molecule has 0 aliphatic carbocycles. The van der Waals surface area contributed by atoms with Gasteiger partial charge in [-0.05, 0) is 52.2 Å². The van der Waals surface area contributed by atoms with E-state index in [1.54, 1.807) is 11.3 Å². The Balaban J connectivity index is 1.46. The van der Waals surface area contributed by atoms with Crippen LogP contribution in [0, 0.1) is 0 Å². The van der Waals surface area contributed by atoms with Crippen LogP contribution in [-0.4, -0.2) is 0 Å². The smallest absolute Gasteiger partial charge is 0.171 e. The fourth-order valence-corrected chi connectivity index (χ4v) is 9.07. The van der Waals surface area contributed by atoms with Crippen molar-refractivity contribution in [3.63, 3.8) is 0 Å². The van der Waals surface area contributed by atoms with E-state index in [4.69, 9.17) is 0 Å². The maximum absolute atomic E-state index is 15.0. The van der Waals surface area contributed by atoms with E-state index in [1.807, 2.05) is 60.7 Å². The molecule has 0 amide bonds. The van der Waals surface area contributed by atoms with Crippen molar-refractivity contribution in [1.82, 2.24) is 0 Å². The number of hydrogen-bond donors (Lipinski definition) is 0. The highest BCUT2D eigenvalue weighted by atomic mass is 32.1. The first-order chi connectivity index (χ1) is 18.2. The van der Waals surface area contributed by atoms with Crippen molar-refractivity contribution in [3.8, 4) is 11.1 Å². The summed E-state index contributed by atoms with van der Waals surface area (Å²) in [5.41, 5.74) is 2.43. The summed E-state index contributed by atoms with van der Waals surface area (Å²) in [5.74, 6) is 0. The van der Waals surface area contributed by atoms with Crippen molar-refractivity contribution in [2.45, 2.75) is 0 Å². The lowest BCUT2D eigenvalue weighted by molar-refractivity contribution is 0.592. The minimum atomic E-state index is -3.03. The van der Waals surface area contributed by atoms with Gasteiger partial charge in [-0.15, -0.1) is 11.3 Å². The Labute approximate surface area is 220 Å². The first-order valence-corrected chi connectivity index (χ1v) is 14.9. The molecule has 0 bridgehead atoms. The average Bonchev–Trinajstić information content (AvgIpc) is 3.34. The van der Waals surface area contributed by atoms with Crippen molar-refractivity contribution in [3.05, 3.63) is 140 Å². The predicted molar refractivity (Wildman–Crippen MR) is 162 cm³/mol. The lowest BCUT2D eigenvalue weighted by Gasteiger charge is -2.20. The zero-order valence-corrected chi connectivity index (χ0v) is 21.8. The molecule has 0 saturated carbocycles. The second-order valence-electron chi connectivity index (χ2n) is 9.30. The topological polar surface area (TPSA) is 17.1 Å². The number of fused-ring (bicyclic) bond motifs is 4. The predicted octanol–water partition coefficient (Wildman–Crippen LogP) is 8.51. The number of rotatable bonds is 4. The molecule has 1 nitrogen and oxygen atoms in total. The van der Waals surface area contributed by atoms with Crippen LogP contribution >= 0.6 is 18.5 Å². The molecule has 0 unspecified atom stereocenters. The third-order valence-corrected chi connectivity index (χ3v) is 11.4. The molecule has 0 fully saturated rings. The van der Waals surface area contributed by atoms with Gasteiger partial charge in [-0.25, -0.2) is 0 Å². The highest BCUT2D eigenvalue weighted by Crippen LogP contribution is 2.45. The van der Waals surface area contributed by atoms with E-state index in [-0.39, 0.29) is 0 Å². The quantitative estimate of drug-likeness (QED) is 0.217. The molecule has 7 aromatic rings. The molecular weight excluding hydrogens is 487 g/mol. The van der Waals surface area contributed by atoms with Crippen LogP contribution in [0.1, 0.15) is 0 Å². The summed E-state index contributed by atoms with van der Waals surface area (Å²) < 4.78 is 17.4. The van der Waals surface area contributed by atoms with Gasteiger partial charge in [-0.1, -0.05) is 109 Å². The SMILES string of the molecule is O=P(c1ccccc1)(c1ccccc1)c1ccc2sc3ccc(-c4cccc5ccccc45)cc3c2c1. The van der Waals surface area contributed by atoms with Crippen LogP contribution in [0.5, 0.6) is 0 Å². The largest absolute Gasteiger partial charge is 0.309 e. The zero-order valence-electron chi connectivity index (χ0n) is 20.0. The maximum Gasteiger partial charge on any atom is 0.171 e. The molecular formula is C34H23OPS. The van der Waals surface area contributed by atoms with Gasteiger partial charge >= 0.3 is 0 Å². The Morgan fingerprint density at radius 3 is 1.78 bits per heavy atom. The van der Waals surface area contributed by atoms with Crippen LogP contribution in [0.25, 0.3) is 42.1 Å². The second-order valence-corrected chi connectivity index (χ2v) is 13.2. The highest BCUT2D eigenvalue weighted by Gasteiger charge is 2.30. The summed E-state index contributed by atoms with van der Waals surface area (Å²) in [6, 6.07) is 47.9. The molecule has 3 heteroatoms. The Bertz CT molecular complexity index is 1910. The lowest BCUT2D eigenvalue weighted by Crippen LogP contribution is -2.24. The van der Waals surface area contributed by atoms with E-state index in [9.17, 15) is 4.57 Å². The van der Waals surface area contributed by atoms with Gasteiger partial charge < -0.3 is 4.57 Å². The Hall–Kier alpha value is -3.97. The molecule has 0 saturated heterocycles. The molecule has 0 N–H and O–H groups in total. The van der Waals surface area contributed by atoms with Gasteiger partial charge in [-0.2, -0.15) is 0 Å². The first-order valence-electron chi connectivity index (χ1n) is 12.4. The molecule has 1 aromatic heterocycles. The summed E-state index contributed by atoms with van der Waals surface area (Å²) in [6.07, 6.45) is 0. The number of hydrogen-bond acceptors (Lipinski definition) is 2. The van der Waals surface area contributed by atoms with Crippen molar-refractivity contribution in [1.29, 1.82) is 0 Å². The van der Waals surface area contributed by atoms with Crippen molar-refractivity contribution in [2.24, 2.45) is 0 Å². The van der Waals surface area contributed by atoms with E-state index < -0.39 is 7.14 Å². The molecule has 6 aromatic carbocycles. The maximum atomic E-state index is 15.0. The monoisotopic (exact) mass is 510 g/mol. The summed E-state index contributed by atoms with van der Waals surface area (Å²) >= 11 is 1.79. The normalized spacial score (nSPS) is 11.9. The van der Waals surface area contributed by atoms with Gasteiger partial charge in [-0.3, -0.25) is 0 Å². The molecule has 0 atom stereocenters. The summed E-state index contributed by atoms with van der Waals surface area (Å²) in [7, 11) is -3.03. The van der Waals surface area contributed by atoms with E-state index in [0.29, 0.717) is 0 Å². The van der Waals surface area contributed by atoms with Crippen LogP contribution in [0.15, 0.2) is 140 Å². The molecule has 7 rings (SSSR count). The lowest BCUT2D eigenvalue weighted by atomic mass is 9.97. The molecule has 176 valence electrons. The van der Waals surface area contributed by atoms with Crippen molar-refractivity contribution in [2.75, 3.05) is 0 Å². The summed E-state index contributed by atoms with van der Waals surface area (Å²) in [5, 5.41) is 7.44. The molecule has 0 spiro atoms. The van der Waals surface area contributed by atoms with Crippen molar-refractivity contribution >= 4 is 65.3 Å². The van der Waals surface area contributed by atoms with Gasteiger partial charge in [0.2, 0.25) is 0 Å². The van der Waals surface area contributed by atoms with Gasteiger partial charge in [0.1, 0.15) is 0 Å². The average molecular weight is 511 g/mol. The fourth-order valence-electron chi connectivity index (χ4n) is 5.33. The fraction of sp³-hybridized carbons (Fsp3) is 0. The standard InChI is InChI=1S/C34H23OPS/c35-36(26-12-3-1-4-13-26,27-14-5-2-6-15-27)28-19-21-34-32(23-28)31-22-25(18-20-33(31)37-34)30-17-9-11-24-10-7-8-16-29(24)30/h1-23H. The third-order valence-electron chi connectivity index (χ3n) is 7.16. The van der Waals surface area contributed by atoms with E-state index in [1.165, 1.54) is 36.7 Å². The van der Waals surface area contributed by atoms with Crippen LogP contribution in [0.4, 0.5) is 0 Å². The van der Waals surface area contributed by atoms with E-state index in [0.717, 1.165) is 21.3 Å². The minimum Gasteiger partial charge on any atom is -0.309 e. The first kappa shape index (κ1) is 22.2. The summed E-state index contributed by atoms with van der Waals surface area (Å²) in [4.78, 5) is 0.